The third-order valence-corrected chi connectivity index (χ3v) is 4.90. The molecule has 6 nitrogen and oxygen atoms in total. The van der Waals surface area contributed by atoms with Crippen LogP contribution in [0.2, 0.25) is 0 Å². The maximum Gasteiger partial charge on any atom is 0.419 e. The van der Waals surface area contributed by atoms with Crippen LogP contribution in [0.15, 0.2) is 42.6 Å². The minimum absolute atomic E-state index is 0.0320. The highest BCUT2D eigenvalue weighted by Crippen LogP contribution is 2.37. The van der Waals surface area contributed by atoms with Crippen molar-refractivity contribution in [3.63, 3.8) is 0 Å². The Balaban J connectivity index is 1.56. The standard InChI is InChI=1S/C20H21F3N2O4/c1-12(19(27)28)17(26)14-4-2-5-15(8-14)29-11-13-9-25(10-13)18-16(20(21,22)23)6-3-7-24-18/h2-8,12-13,17,26H,9-11H2,1H3,(H,27,28)/t12-,17+/m0/s1. The molecule has 1 aliphatic heterocycles. The number of pyridine rings is 1. The number of aromatic nitrogens is 1. The highest BCUT2D eigenvalue weighted by Gasteiger charge is 2.38. The van der Waals surface area contributed by atoms with Crippen LogP contribution >= 0.6 is 0 Å². The van der Waals surface area contributed by atoms with Crippen molar-refractivity contribution >= 4 is 11.8 Å². The minimum atomic E-state index is -4.46. The molecule has 0 amide bonds. The van der Waals surface area contributed by atoms with Gasteiger partial charge in [0, 0.05) is 25.2 Å². The monoisotopic (exact) mass is 410 g/mol. The van der Waals surface area contributed by atoms with Gasteiger partial charge < -0.3 is 19.8 Å². The topological polar surface area (TPSA) is 82.9 Å². The number of hydrogen-bond acceptors (Lipinski definition) is 5. The summed E-state index contributed by atoms with van der Waals surface area (Å²) in [6.07, 6.45) is -4.29. The normalized spacial score (nSPS) is 16.8. The molecular formula is C20H21F3N2O4. The summed E-state index contributed by atoms with van der Waals surface area (Å²) in [6.45, 7) is 2.48. The van der Waals surface area contributed by atoms with E-state index in [4.69, 9.17) is 9.84 Å². The molecule has 1 saturated heterocycles. The third kappa shape index (κ3) is 4.79. The van der Waals surface area contributed by atoms with Gasteiger partial charge in [-0.1, -0.05) is 12.1 Å². The molecule has 3 rings (SSSR count). The van der Waals surface area contributed by atoms with Crippen LogP contribution in [0.25, 0.3) is 0 Å². The number of anilines is 1. The number of aliphatic hydroxyl groups is 1. The first-order valence-electron chi connectivity index (χ1n) is 9.07. The Morgan fingerprint density at radius 3 is 2.69 bits per heavy atom. The Kier molecular flexibility index (Phi) is 5.97. The van der Waals surface area contributed by atoms with Crippen LogP contribution in [0.3, 0.4) is 0 Å². The first kappa shape index (κ1) is 20.9. The predicted octanol–water partition coefficient (Wildman–Crippen LogP) is 3.37. The molecule has 1 fully saturated rings. The molecular weight excluding hydrogens is 389 g/mol. The molecule has 9 heteroatoms. The zero-order chi connectivity index (χ0) is 21.2. The van der Waals surface area contributed by atoms with Gasteiger partial charge in [0.1, 0.15) is 11.6 Å². The summed E-state index contributed by atoms with van der Waals surface area (Å²) >= 11 is 0. The molecule has 156 valence electrons. The zero-order valence-corrected chi connectivity index (χ0v) is 15.6. The first-order chi connectivity index (χ1) is 13.7. The van der Waals surface area contributed by atoms with Crippen molar-refractivity contribution in [1.29, 1.82) is 0 Å². The molecule has 0 saturated carbocycles. The van der Waals surface area contributed by atoms with E-state index in [1.807, 2.05) is 0 Å². The number of benzene rings is 1. The van der Waals surface area contributed by atoms with Gasteiger partial charge in [0.05, 0.1) is 24.2 Å². The van der Waals surface area contributed by atoms with Gasteiger partial charge in [-0.3, -0.25) is 4.79 Å². The van der Waals surface area contributed by atoms with Crippen molar-refractivity contribution in [2.24, 2.45) is 11.8 Å². The number of aliphatic carboxylic acids is 1. The SMILES string of the molecule is C[C@H](C(=O)O)[C@@H](O)c1cccc(OCC2CN(c3ncccc3C(F)(F)F)C2)c1. The molecule has 1 aliphatic rings. The van der Waals surface area contributed by atoms with Crippen LogP contribution < -0.4 is 9.64 Å². The Bertz CT molecular complexity index is 869. The van der Waals surface area contributed by atoms with Gasteiger partial charge in [-0.25, -0.2) is 4.98 Å². The molecule has 2 atom stereocenters. The molecule has 1 aromatic carbocycles. The molecule has 0 spiro atoms. The van der Waals surface area contributed by atoms with Crippen LogP contribution in [0, 0.1) is 11.8 Å². The lowest BCUT2D eigenvalue weighted by Gasteiger charge is -2.40. The van der Waals surface area contributed by atoms with Crippen LogP contribution in [0.4, 0.5) is 19.0 Å². The summed E-state index contributed by atoms with van der Waals surface area (Å²) in [5, 5.41) is 19.1. The summed E-state index contributed by atoms with van der Waals surface area (Å²) in [5.41, 5.74) is -0.329. The average molecular weight is 410 g/mol. The average Bonchev–Trinajstić information content (AvgIpc) is 2.65. The maximum absolute atomic E-state index is 13.1. The lowest BCUT2D eigenvalue weighted by molar-refractivity contribution is -0.145. The number of nitrogens with zero attached hydrogens (tertiary/aromatic N) is 2. The van der Waals surface area contributed by atoms with Gasteiger partial charge >= 0.3 is 12.1 Å². The Morgan fingerprint density at radius 2 is 2.03 bits per heavy atom. The van der Waals surface area contributed by atoms with E-state index in [-0.39, 0.29) is 11.7 Å². The number of halogens is 3. The number of rotatable bonds is 7. The van der Waals surface area contributed by atoms with Crippen molar-refractivity contribution in [1.82, 2.24) is 4.98 Å². The van der Waals surface area contributed by atoms with Crippen molar-refractivity contribution < 1.29 is 32.9 Å². The van der Waals surface area contributed by atoms with Crippen LogP contribution in [0.5, 0.6) is 5.75 Å². The lowest BCUT2D eigenvalue weighted by atomic mass is 9.97. The van der Waals surface area contributed by atoms with Gasteiger partial charge in [-0.05, 0) is 36.8 Å². The second kappa shape index (κ2) is 8.28. The second-order valence-corrected chi connectivity index (χ2v) is 7.10. The van der Waals surface area contributed by atoms with Gasteiger partial charge in [0.15, 0.2) is 0 Å². The molecule has 2 aromatic rings. The van der Waals surface area contributed by atoms with Crippen LogP contribution in [-0.2, 0) is 11.0 Å². The number of alkyl halides is 3. The summed E-state index contributed by atoms with van der Waals surface area (Å²) in [4.78, 5) is 16.5. The van der Waals surface area contributed by atoms with E-state index in [1.165, 1.54) is 19.2 Å². The molecule has 0 bridgehead atoms. The van der Waals surface area contributed by atoms with E-state index >= 15 is 0 Å². The fourth-order valence-electron chi connectivity index (χ4n) is 3.14. The molecule has 0 radical (unpaired) electrons. The zero-order valence-electron chi connectivity index (χ0n) is 15.6. The number of aliphatic hydroxyl groups excluding tert-OH is 1. The quantitative estimate of drug-likeness (QED) is 0.728. The summed E-state index contributed by atoms with van der Waals surface area (Å²) < 4.78 is 45.0. The van der Waals surface area contributed by atoms with Crippen molar-refractivity contribution in [3.8, 4) is 5.75 Å². The van der Waals surface area contributed by atoms with Gasteiger partial charge in [-0.15, -0.1) is 0 Å². The molecule has 0 aliphatic carbocycles. The fourth-order valence-corrected chi connectivity index (χ4v) is 3.14. The van der Waals surface area contributed by atoms with Crippen LogP contribution in [0.1, 0.15) is 24.2 Å². The number of carboxylic acid groups (broad SMARTS) is 1. The summed E-state index contributed by atoms with van der Waals surface area (Å²) in [7, 11) is 0. The Morgan fingerprint density at radius 1 is 1.31 bits per heavy atom. The van der Waals surface area contributed by atoms with E-state index in [9.17, 15) is 23.1 Å². The fraction of sp³-hybridized carbons (Fsp3) is 0.400. The van der Waals surface area contributed by atoms with Crippen molar-refractivity contribution in [3.05, 3.63) is 53.7 Å². The Hall–Kier alpha value is -2.81. The highest BCUT2D eigenvalue weighted by atomic mass is 19.4. The molecule has 2 heterocycles. The molecule has 0 unspecified atom stereocenters. The van der Waals surface area contributed by atoms with Gasteiger partial charge in [0.2, 0.25) is 0 Å². The summed E-state index contributed by atoms with van der Waals surface area (Å²) in [5.74, 6) is -1.65. The van der Waals surface area contributed by atoms with Gasteiger partial charge in [0.25, 0.3) is 0 Å². The van der Waals surface area contributed by atoms with Crippen molar-refractivity contribution in [2.75, 3.05) is 24.6 Å². The smallest absolute Gasteiger partial charge is 0.419 e. The van der Waals surface area contributed by atoms with Crippen LogP contribution in [-0.4, -0.2) is 40.9 Å². The minimum Gasteiger partial charge on any atom is -0.493 e. The van der Waals surface area contributed by atoms with E-state index in [2.05, 4.69) is 4.98 Å². The highest BCUT2D eigenvalue weighted by molar-refractivity contribution is 5.70. The number of ether oxygens (including phenoxy) is 1. The van der Waals surface area contributed by atoms with E-state index in [1.54, 1.807) is 29.2 Å². The van der Waals surface area contributed by atoms with E-state index in [0.29, 0.717) is 31.0 Å². The third-order valence-electron chi connectivity index (χ3n) is 4.90. The van der Waals surface area contributed by atoms with Crippen molar-refractivity contribution in [2.45, 2.75) is 19.2 Å². The van der Waals surface area contributed by atoms with Gasteiger partial charge in [-0.2, -0.15) is 13.2 Å². The molecule has 1 aromatic heterocycles. The largest absolute Gasteiger partial charge is 0.493 e. The number of carboxylic acids is 1. The Labute approximate surface area is 165 Å². The van der Waals surface area contributed by atoms with E-state index < -0.39 is 29.7 Å². The number of carbonyl (C=O) groups is 1. The first-order valence-corrected chi connectivity index (χ1v) is 9.07. The predicted molar refractivity (Wildman–Crippen MR) is 98.6 cm³/mol. The summed E-state index contributed by atoms with van der Waals surface area (Å²) in [6, 6.07) is 8.79. The van der Waals surface area contributed by atoms with E-state index in [0.717, 1.165) is 6.07 Å². The number of hydrogen-bond donors (Lipinski definition) is 2. The lowest BCUT2D eigenvalue weighted by Crippen LogP contribution is -2.50. The second-order valence-electron chi connectivity index (χ2n) is 7.10. The maximum atomic E-state index is 13.1. The molecule has 2 N–H and O–H groups in total. The molecule has 29 heavy (non-hydrogen) atoms.